The monoisotopic (exact) mass is 407 g/mol. The highest BCUT2D eigenvalue weighted by molar-refractivity contribution is 7.99. The van der Waals surface area contributed by atoms with E-state index in [-0.39, 0.29) is 11.7 Å². The molecular formula is C18H15Cl2N3O2S. The average molecular weight is 408 g/mol. The Morgan fingerprint density at radius 2 is 2.00 bits per heavy atom. The summed E-state index contributed by atoms with van der Waals surface area (Å²) in [5, 5.41) is 4.19. The van der Waals surface area contributed by atoms with Crippen molar-refractivity contribution in [2.45, 2.75) is 5.16 Å². The van der Waals surface area contributed by atoms with Crippen LogP contribution in [0.1, 0.15) is 0 Å². The Morgan fingerprint density at radius 1 is 1.23 bits per heavy atom. The molecule has 0 saturated carbocycles. The van der Waals surface area contributed by atoms with Crippen LogP contribution < -0.4 is 10.1 Å². The number of carbonyl (C=O) groups is 1. The second-order valence-corrected chi connectivity index (χ2v) is 6.94. The second-order valence-electron chi connectivity index (χ2n) is 5.22. The van der Waals surface area contributed by atoms with Gasteiger partial charge in [-0.15, -0.1) is 0 Å². The summed E-state index contributed by atoms with van der Waals surface area (Å²) in [5.74, 6) is 0.778. The Morgan fingerprint density at radius 3 is 2.73 bits per heavy atom. The zero-order valence-electron chi connectivity index (χ0n) is 13.8. The highest BCUT2D eigenvalue weighted by atomic mass is 35.5. The molecule has 26 heavy (non-hydrogen) atoms. The van der Waals surface area contributed by atoms with Gasteiger partial charge >= 0.3 is 0 Å². The van der Waals surface area contributed by atoms with Crippen LogP contribution in [0.2, 0.25) is 10.0 Å². The third kappa shape index (κ3) is 4.33. The Labute approximate surface area is 165 Å². The van der Waals surface area contributed by atoms with Gasteiger partial charge in [0.05, 0.1) is 28.6 Å². The first-order chi connectivity index (χ1) is 12.6. The molecule has 0 unspecified atom stereocenters. The maximum absolute atomic E-state index is 12.2. The molecule has 5 nitrogen and oxygen atoms in total. The first-order valence-electron chi connectivity index (χ1n) is 7.63. The normalized spacial score (nSPS) is 10.6. The lowest BCUT2D eigenvalue weighted by atomic mass is 10.3. The summed E-state index contributed by atoms with van der Waals surface area (Å²) in [5.41, 5.74) is 1.42. The van der Waals surface area contributed by atoms with Crippen LogP contribution in [0, 0.1) is 0 Å². The minimum absolute atomic E-state index is 0.190. The first kappa shape index (κ1) is 18.6. The summed E-state index contributed by atoms with van der Waals surface area (Å²) in [6, 6.07) is 12.7. The molecule has 2 aromatic carbocycles. The quantitative estimate of drug-likeness (QED) is 0.589. The lowest BCUT2D eigenvalue weighted by molar-refractivity contribution is -0.113. The minimum atomic E-state index is -0.191. The molecule has 0 spiro atoms. The highest BCUT2D eigenvalue weighted by Gasteiger charge is 2.11. The maximum Gasteiger partial charge on any atom is 0.234 e. The number of ether oxygens (including phenoxy) is 1. The summed E-state index contributed by atoms with van der Waals surface area (Å²) in [6.07, 6.45) is 3.54. The number of amides is 1. The van der Waals surface area contributed by atoms with E-state index in [0.717, 1.165) is 11.4 Å². The topological polar surface area (TPSA) is 56.2 Å². The standard InChI is InChI=1S/C18H15Cl2N3O2S/c1-25-13-7-5-12(6-8-13)23-10-9-21-18(23)26-11-16(24)22-15-4-2-3-14(19)17(15)20/h2-10H,11H2,1H3,(H,22,24). The van der Waals surface area contributed by atoms with Gasteiger partial charge in [-0.25, -0.2) is 4.98 Å². The van der Waals surface area contributed by atoms with E-state index in [1.54, 1.807) is 31.5 Å². The number of hydrogen-bond acceptors (Lipinski definition) is 4. The van der Waals surface area contributed by atoms with Crippen molar-refractivity contribution in [3.63, 3.8) is 0 Å². The predicted octanol–water partition coefficient (Wildman–Crippen LogP) is 4.92. The molecule has 1 heterocycles. The molecule has 1 amide bonds. The van der Waals surface area contributed by atoms with Crippen LogP contribution in [0.3, 0.4) is 0 Å². The van der Waals surface area contributed by atoms with Crippen molar-refractivity contribution < 1.29 is 9.53 Å². The Bertz CT molecular complexity index is 913. The van der Waals surface area contributed by atoms with Gasteiger partial charge in [-0.2, -0.15) is 0 Å². The molecule has 3 rings (SSSR count). The van der Waals surface area contributed by atoms with Gasteiger partial charge in [0.2, 0.25) is 5.91 Å². The third-order valence-corrected chi connectivity index (χ3v) is 5.30. The van der Waals surface area contributed by atoms with Crippen LogP contribution in [-0.2, 0) is 4.79 Å². The van der Waals surface area contributed by atoms with Crippen LogP contribution in [0.5, 0.6) is 5.75 Å². The number of hydrogen-bond donors (Lipinski definition) is 1. The maximum atomic E-state index is 12.2. The SMILES string of the molecule is COc1ccc(-n2ccnc2SCC(=O)Nc2cccc(Cl)c2Cl)cc1. The number of anilines is 1. The van der Waals surface area contributed by atoms with Crippen molar-refractivity contribution in [2.75, 3.05) is 18.2 Å². The van der Waals surface area contributed by atoms with Crippen molar-refractivity contribution in [1.29, 1.82) is 0 Å². The fourth-order valence-electron chi connectivity index (χ4n) is 2.25. The molecule has 0 radical (unpaired) electrons. The molecule has 0 atom stereocenters. The molecule has 0 aliphatic heterocycles. The number of methoxy groups -OCH3 is 1. The predicted molar refractivity (Wildman–Crippen MR) is 106 cm³/mol. The number of benzene rings is 2. The zero-order valence-corrected chi connectivity index (χ0v) is 16.1. The zero-order chi connectivity index (χ0) is 18.5. The summed E-state index contributed by atoms with van der Waals surface area (Å²) >= 11 is 13.4. The molecule has 0 saturated heterocycles. The van der Waals surface area contributed by atoms with Gasteiger partial charge in [-0.1, -0.05) is 41.0 Å². The van der Waals surface area contributed by atoms with Crippen molar-refractivity contribution in [3.8, 4) is 11.4 Å². The molecule has 134 valence electrons. The number of nitrogens with zero attached hydrogens (tertiary/aromatic N) is 2. The lowest BCUT2D eigenvalue weighted by Gasteiger charge is -2.10. The summed E-state index contributed by atoms with van der Waals surface area (Å²) in [6.45, 7) is 0. The molecule has 8 heteroatoms. The van der Waals surface area contributed by atoms with Gasteiger partial charge < -0.3 is 10.1 Å². The molecule has 1 aromatic heterocycles. The number of carbonyl (C=O) groups excluding carboxylic acids is 1. The van der Waals surface area contributed by atoms with E-state index in [1.807, 2.05) is 35.0 Å². The Kier molecular flexibility index (Phi) is 6.08. The molecule has 0 fully saturated rings. The van der Waals surface area contributed by atoms with Gasteiger partial charge in [0, 0.05) is 18.1 Å². The van der Waals surface area contributed by atoms with Crippen molar-refractivity contribution in [3.05, 3.63) is 64.9 Å². The van der Waals surface area contributed by atoms with Crippen LogP contribution in [-0.4, -0.2) is 28.3 Å². The average Bonchev–Trinajstić information content (AvgIpc) is 3.12. The molecular weight excluding hydrogens is 393 g/mol. The first-order valence-corrected chi connectivity index (χ1v) is 9.37. The van der Waals surface area contributed by atoms with Crippen LogP contribution in [0.4, 0.5) is 5.69 Å². The summed E-state index contributed by atoms with van der Waals surface area (Å²) in [4.78, 5) is 16.5. The minimum Gasteiger partial charge on any atom is -0.497 e. The molecule has 0 aliphatic carbocycles. The van der Waals surface area contributed by atoms with E-state index in [2.05, 4.69) is 10.3 Å². The van der Waals surface area contributed by atoms with Crippen molar-refractivity contribution in [2.24, 2.45) is 0 Å². The van der Waals surface area contributed by atoms with Gasteiger partial charge in [0.15, 0.2) is 5.16 Å². The van der Waals surface area contributed by atoms with Crippen molar-refractivity contribution in [1.82, 2.24) is 9.55 Å². The van der Waals surface area contributed by atoms with E-state index in [4.69, 9.17) is 27.9 Å². The van der Waals surface area contributed by atoms with Gasteiger partial charge in [0.1, 0.15) is 5.75 Å². The number of nitrogens with one attached hydrogen (secondary N) is 1. The fraction of sp³-hybridized carbons (Fsp3) is 0.111. The van der Waals surface area contributed by atoms with E-state index in [9.17, 15) is 4.79 Å². The number of rotatable bonds is 6. The van der Waals surface area contributed by atoms with E-state index in [0.29, 0.717) is 20.9 Å². The van der Waals surface area contributed by atoms with E-state index < -0.39 is 0 Å². The smallest absolute Gasteiger partial charge is 0.234 e. The largest absolute Gasteiger partial charge is 0.497 e. The molecule has 0 aliphatic rings. The van der Waals surface area contributed by atoms with Crippen LogP contribution >= 0.6 is 35.0 Å². The van der Waals surface area contributed by atoms with Gasteiger partial charge in [-0.05, 0) is 36.4 Å². The van der Waals surface area contributed by atoms with E-state index >= 15 is 0 Å². The highest BCUT2D eigenvalue weighted by Crippen LogP contribution is 2.30. The van der Waals surface area contributed by atoms with Gasteiger partial charge in [-0.3, -0.25) is 9.36 Å². The molecule has 3 aromatic rings. The fourth-order valence-corrected chi connectivity index (χ4v) is 3.37. The van der Waals surface area contributed by atoms with Crippen LogP contribution in [0.15, 0.2) is 60.0 Å². The number of thioether (sulfide) groups is 1. The number of aromatic nitrogens is 2. The Hall–Kier alpha value is -2.15. The molecule has 1 N–H and O–H groups in total. The number of imidazole rings is 1. The summed E-state index contributed by atoms with van der Waals surface area (Å²) in [7, 11) is 1.62. The Balaban J connectivity index is 1.66. The summed E-state index contributed by atoms with van der Waals surface area (Å²) < 4.78 is 7.07. The van der Waals surface area contributed by atoms with Crippen LogP contribution in [0.25, 0.3) is 5.69 Å². The van der Waals surface area contributed by atoms with E-state index in [1.165, 1.54) is 11.8 Å². The third-order valence-electron chi connectivity index (χ3n) is 3.52. The molecule has 0 bridgehead atoms. The number of halogens is 2. The second kappa shape index (κ2) is 8.49. The van der Waals surface area contributed by atoms with Crippen molar-refractivity contribution >= 4 is 46.6 Å². The van der Waals surface area contributed by atoms with Gasteiger partial charge in [0.25, 0.3) is 0 Å². The lowest BCUT2D eigenvalue weighted by Crippen LogP contribution is -2.14.